The lowest BCUT2D eigenvalue weighted by Crippen LogP contribution is -2.20. The molecule has 0 amide bonds. The Bertz CT molecular complexity index is 383. The van der Waals surface area contributed by atoms with Crippen LogP contribution in [0.1, 0.15) is 17.8 Å². The van der Waals surface area contributed by atoms with Crippen molar-refractivity contribution in [3.8, 4) is 0 Å². The molecule has 0 fully saturated rings. The number of H-pyrrole nitrogens is 1. The van der Waals surface area contributed by atoms with E-state index in [4.69, 9.17) is 0 Å². The lowest BCUT2D eigenvalue weighted by Gasteiger charge is -2.06. The van der Waals surface area contributed by atoms with Crippen molar-refractivity contribution in [2.24, 2.45) is 0 Å². The fraction of sp³-hybridized carbons (Fsp3) is 0.333. The smallest absolute Gasteiger partial charge is 0.304 e. The number of alkyl halides is 5. The van der Waals surface area contributed by atoms with Gasteiger partial charge in [-0.05, 0) is 6.07 Å². The van der Waals surface area contributed by atoms with Crippen molar-refractivity contribution in [2.75, 3.05) is 0 Å². The average molecular weight is 214 g/mol. The summed E-state index contributed by atoms with van der Waals surface area (Å²) >= 11 is 0. The number of aromatic amines is 1. The van der Waals surface area contributed by atoms with Crippen molar-refractivity contribution in [1.82, 2.24) is 9.97 Å². The Balaban J connectivity index is 3.28. The molecule has 0 aliphatic carbocycles. The van der Waals surface area contributed by atoms with Crippen LogP contribution in [0, 0.1) is 0 Å². The van der Waals surface area contributed by atoms with Gasteiger partial charge in [0.05, 0.1) is 5.69 Å². The second-order valence-corrected chi connectivity index (χ2v) is 2.33. The van der Waals surface area contributed by atoms with E-state index in [2.05, 4.69) is 4.98 Å². The van der Waals surface area contributed by atoms with Gasteiger partial charge in [0.1, 0.15) is 0 Å². The second-order valence-electron chi connectivity index (χ2n) is 2.33. The maximum absolute atomic E-state index is 12.0. The Morgan fingerprint density at radius 1 is 1.36 bits per heavy atom. The number of aromatic nitrogens is 2. The number of hydrogen-bond donors (Lipinski definition) is 1. The first-order valence-corrected chi connectivity index (χ1v) is 3.27. The molecule has 1 aromatic heterocycles. The van der Waals surface area contributed by atoms with Crippen molar-refractivity contribution in [2.45, 2.75) is 12.6 Å². The predicted octanol–water partition coefficient (Wildman–Crippen LogP) is 1.73. The van der Waals surface area contributed by atoms with Crippen molar-refractivity contribution < 1.29 is 22.0 Å². The molecule has 0 atom stereocenters. The van der Waals surface area contributed by atoms with Crippen LogP contribution < -0.4 is 5.69 Å². The number of nitrogens with one attached hydrogen (secondary N) is 1. The summed E-state index contributed by atoms with van der Waals surface area (Å²) in [6, 6.07) is 0.103. The van der Waals surface area contributed by atoms with Gasteiger partial charge in [0.2, 0.25) is 0 Å². The molecule has 0 saturated heterocycles. The van der Waals surface area contributed by atoms with Crippen molar-refractivity contribution in [3.05, 3.63) is 27.9 Å². The molecule has 1 heterocycles. The minimum atomic E-state index is -4.90. The fourth-order valence-electron chi connectivity index (χ4n) is 0.739. The first kappa shape index (κ1) is 10.6. The SMILES string of the molecule is O=c1nc(C(F)(F)F)cc(C(F)F)[nH]1. The number of halogens is 5. The summed E-state index contributed by atoms with van der Waals surface area (Å²) in [6.07, 6.45) is -8.08. The summed E-state index contributed by atoms with van der Waals surface area (Å²) in [5.74, 6) is 0. The van der Waals surface area contributed by atoms with Crippen LogP contribution in [0.2, 0.25) is 0 Å². The van der Waals surface area contributed by atoms with Gasteiger partial charge in [-0.3, -0.25) is 0 Å². The lowest BCUT2D eigenvalue weighted by molar-refractivity contribution is -0.141. The number of hydrogen-bond acceptors (Lipinski definition) is 2. The predicted molar refractivity (Wildman–Crippen MR) is 34.8 cm³/mol. The Hall–Kier alpha value is -1.47. The Labute approximate surface area is 73.6 Å². The Morgan fingerprint density at radius 3 is 2.36 bits per heavy atom. The molecule has 0 aromatic carbocycles. The van der Waals surface area contributed by atoms with Gasteiger partial charge in [0.25, 0.3) is 6.43 Å². The normalized spacial score (nSPS) is 12.1. The number of nitrogens with zero attached hydrogens (tertiary/aromatic N) is 1. The standard InChI is InChI=1S/C6H3F5N2O/c7-4(8)2-1-3(6(9,10)11)13-5(14)12-2/h1,4H,(H,12,13,14). The van der Waals surface area contributed by atoms with Gasteiger partial charge in [0.15, 0.2) is 5.69 Å². The minimum absolute atomic E-state index is 0.103. The average Bonchev–Trinajstić information content (AvgIpc) is 2.01. The van der Waals surface area contributed by atoms with Gasteiger partial charge in [-0.15, -0.1) is 0 Å². The highest BCUT2D eigenvalue weighted by molar-refractivity contribution is 5.11. The van der Waals surface area contributed by atoms with E-state index in [1.54, 1.807) is 0 Å². The molecule has 0 aliphatic rings. The molecule has 0 radical (unpaired) electrons. The van der Waals surface area contributed by atoms with Crippen LogP contribution in [0.4, 0.5) is 22.0 Å². The van der Waals surface area contributed by atoms with Gasteiger partial charge in [-0.1, -0.05) is 0 Å². The molecular formula is C6H3F5N2O. The van der Waals surface area contributed by atoms with Crippen molar-refractivity contribution >= 4 is 0 Å². The summed E-state index contributed by atoms with van der Waals surface area (Å²) in [5.41, 5.74) is -4.18. The van der Waals surface area contributed by atoms with E-state index in [0.717, 1.165) is 0 Å². The molecule has 3 nitrogen and oxygen atoms in total. The van der Waals surface area contributed by atoms with E-state index in [-0.39, 0.29) is 6.07 Å². The zero-order valence-electron chi connectivity index (χ0n) is 6.40. The highest BCUT2D eigenvalue weighted by Crippen LogP contribution is 2.28. The van der Waals surface area contributed by atoms with E-state index < -0.39 is 29.7 Å². The molecule has 0 unspecified atom stereocenters. The van der Waals surface area contributed by atoms with E-state index in [9.17, 15) is 26.7 Å². The third-order valence-corrected chi connectivity index (χ3v) is 1.29. The second kappa shape index (κ2) is 3.35. The first-order chi connectivity index (χ1) is 6.30. The highest BCUT2D eigenvalue weighted by Gasteiger charge is 2.34. The van der Waals surface area contributed by atoms with Crippen LogP contribution in [-0.4, -0.2) is 9.97 Å². The third-order valence-electron chi connectivity index (χ3n) is 1.29. The molecule has 1 N–H and O–H groups in total. The summed E-state index contributed by atoms with van der Waals surface area (Å²) < 4.78 is 59.8. The van der Waals surface area contributed by atoms with E-state index >= 15 is 0 Å². The molecular weight excluding hydrogens is 211 g/mol. The molecule has 14 heavy (non-hydrogen) atoms. The quantitative estimate of drug-likeness (QED) is 0.723. The summed E-state index contributed by atoms with van der Waals surface area (Å²) in [6.45, 7) is 0. The third kappa shape index (κ3) is 2.27. The van der Waals surface area contributed by atoms with Crippen LogP contribution >= 0.6 is 0 Å². The monoisotopic (exact) mass is 214 g/mol. The summed E-state index contributed by atoms with van der Waals surface area (Å²) in [4.78, 5) is 14.5. The van der Waals surface area contributed by atoms with E-state index in [1.165, 1.54) is 4.98 Å². The van der Waals surface area contributed by atoms with Crippen LogP contribution in [0.5, 0.6) is 0 Å². The molecule has 78 valence electrons. The molecule has 1 aromatic rings. The molecule has 0 spiro atoms. The van der Waals surface area contributed by atoms with Gasteiger partial charge in [-0.2, -0.15) is 18.2 Å². The van der Waals surface area contributed by atoms with Crippen molar-refractivity contribution in [1.29, 1.82) is 0 Å². The van der Waals surface area contributed by atoms with Crippen LogP contribution in [-0.2, 0) is 6.18 Å². The molecule has 0 saturated carbocycles. The maximum Gasteiger partial charge on any atom is 0.433 e. The summed E-state index contributed by atoms with van der Waals surface area (Å²) in [5, 5.41) is 0. The largest absolute Gasteiger partial charge is 0.433 e. The zero-order chi connectivity index (χ0) is 10.9. The molecule has 1 rings (SSSR count). The van der Waals surface area contributed by atoms with Crippen LogP contribution in [0.15, 0.2) is 10.9 Å². The fourth-order valence-corrected chi connectivity index (χ4v) is 0.739. The molecule has 0 aliphatic heterocycles. The topological polar surface area (TPSA) is 45.8 Å². The van der Waals surface area contributed by atoms with E-state index in [1.807, 2.05) is 0 Å². The van der Waals surface area contributed by atoms with Gasteiger partial charge in [-0.25, -0.2) is 13.6 Å². The van der Waals surface area contributed by atoms with Gasteiger partial charge in [0, 0.05) is 0 Å². The Morgan fingerprint density at radius 2 is 1.93 bits per heavy atom. The van der Waals surface area contributed by atoms with Crippen molar-refractivity contribution in [3.63, 3.8) is 0 Å². The number of rotatable bonds is 1. The van der Waals surface area contributed by atoms with Crippen LogP contribution in [0.25, 0.3) is 0 Å². The minimum Gasteiger partial charge on any atom is -0.304 e. The van der Waals surface area contributed by atoms with Gasteiger partial charge >= 0.3 is 11.9 Å². The molecule has 8 heteroatoms. The Kier molecular flexibility index (Phi) is 2.54. The highest BCUT2D eigenvalue weighted by atomic mass is 19.4. The lowest BCUT2D eigenvalue weighted by atomic mass is 10.3. The first-order valence-electron chi connectivity index (χ1n) is 3.27. The van der Waals surface area contributed by atoms with E-state index in [0.29, 0.717) is 0 Å². The maximum atomic E-state index is 12.0. The zero-order valence-corrected chi connectivity index (χ0v) is 6.40. The van der Waals surface area contributed by atoms with Crippen LogP contribution in [0.3, 0.4) is 0 Å². The van der Waals surface area contributed by atoms with Gasteiger partial charge < -0.3 is 4.98 Å². The summed E-state index contributed by atoms with van der Waals surface area (Å²) in [7, 11) is 0. The molecule has 0 bridgehead atoms.